The van der Waals surface area contributed by atoms with Gasteiger partial charge in [0.1, 0.15) is 53.8 Å². The molecule has 35 heavy (non-hydrogen) atoms. The number of carbonyl (C=O) groups is 1. The summed E-state index contributed by atoms with van der Waals surface area (Å²) in [5, 5.41) is 61.8. The molecule has 2 aromatic carbocycles. The van der Waals surface area contributed by atoms with E-state index in [1.807, 2.05) is 0 Å². The summed E-state index contributed by atoms with van der Waals surface area (Å²) < 4.78 is 27.8. The molecule has 7 unspecified atom stereocenters. The third kappa shape index (κ3) is 3.49. The van der Waals surface area contributed by atoms with E-state index in [2.05, 4.69) is 0 Å². The number of hydrogen-bond donors (Lipinski definition) is 6. The molecule has 1 saturated heterocycles. The van der Waals surface area contributed by atoms with Crippen LogP contribution < -0.4 is 18.9 Å². The number of aliphatic hydroxyl groups excluding tert-OH is 4. The Morgan fingerprint density at radius 3 is 2.63 bits per heavy atom. The first-order valence-corrected chi connectivity index (χ1v) is 10.8. The molecule has 0 aliphatic carbocycles. The van der Waals surface area contributed by atoms with Crippen LogP contribution in [0.2, 0.25) is 0 Å². The summed E-state index contributed by atoms with van der Waals surface area (Å²) >= 11 is 0. The molecule has 3 aliphatic rings. The molecule has 0 amide bonds. The van der Waals surface area contributed by atoms with Crippen LogP contribution in [0.25, 0.3) is 0 Å². The molecule has 0 saturated carbocycles. The van der Waals surface area contributed by atoms with Crippen molar-refractivity contribution in [3.63, 3.8) is 0 Å². The van der Waals surface area contributed by atoms with Crippen molar-refractivity contribution < 1.29 is 59.1 Å². The number of phenolic OH excluding ortho intramolecular Hbond substituents is 1. The minimum Gasteiger partial charge on any atom is -0.504 e. The van der Waals surface area contributed by atoms with E-state index in [1.54, 1.807) is 0 Å². The Bertz CT molecular complexity index is 1150. The van der Waals surface area contributed by atoms with Gasteiger partial charge in [0.25, 0.3) is 0 Å². The fourth-order valence-corrected chi connectivity index (χ4v) is 4.54. The predicted molar refractivity (Wildman–Crippen MR) is 114 cm³/mol. The van der Waals surface area contributed by atoms with Crippen LogP contribution in [0, 0.1) is 0 Å². The van der Waals surface area contributed by atoms with Crippen molar-refractivity contribution in [1.82, 2.24) is 0 Å². The van der Waals surface area contributed by atoms with Crippen LogP contribution >= 0.6 is 0 Å². The minimum absolute atomic E-state index is 0.000918. The molecule has 0 bridgehead atoms. The van der Waals surface area contributed by atoms with E-state index in [9.17, 15) is 35.4 Å². The highest BCUT2D eigenvalue weighted by Crippen LogP contribution is 2.51. The smallest absolute Gasteiger partial charge is 0.229 e. The summed E-state index contributed by atoms with van der Waals surface area (Å²) in [5.41, 5.74) is -2.46. The Balaban J connectivity index is 1.59. The lowest BCUT2D eigenvalue weighted by molar-refractivity contribution is -0.277. The summed E-state index contributed by atoms with van der Waals surface area (Å²) in [4.78, 5) is 13.8. The van der Waals surface area contributed by atoms with Crippen molar-refractivity contribution in [1.29, 1.82) is 0 Å². The van der Waals surface area contributed by atoms with Crippen LogP contribution in [0.3, 0.4) is 0 Å². The van der Waals surface area contributed by atoms with Crippen LogP contribution in [0.15, 0.2) is 30.3 Å². The van der Waals surface area contributed by atoms with Crippen LogP contribution in [0.5, 0.6) is 28.7 Å². The molecular formula is C23H24O12. The largest absolute Gasteiger partial charge is 0.504 e. The van der Waals surface area contributed by atoms with Crippen molar-refractivity contribution in [2.45, 2.75) is 42.4 Å². The summed E-state index contributed by atoms with van der Waals surface area (Å²) in [6.45, 7) is -0.920. The number of fused-ring (bicyclic) bond motifs is 4. The number of benzene rings is 2. The van der Waals surface area contributed by atoms with Gasteiger partial charge >= 0.3 is 0 Å². The number of aliphatic hydroxyl groups is 5. The van der Waals surface area contributed by atoms with Gasteiger partial charge in [-0.2, -0.15) is 0 Å². The van der Waals surface area contributed by atoms with Crippen molar-refractivity contribution in [2.75, 3.05) is 20.3 Å². The Morgan fingerprint density at radius 2 is 1.91 bits per heavy atom. The number of phenols is 1. The van der Waals surface area contributed by atoms with Crippen LogP contribution in [-0.2, 0) is 10.3 Å². The topological polar surface area (TPSA) is 185 Å². The number of para-hydroxylation sites is 1. The van der Waals surface area contributed by atoms with Gasteiger partial charge in [0, 0.05) is 17.7 Å². The maximum atomic E-state index is 13.8. The summed E-state index contributed by atoms with van der Waals surface area (Å²) in [6.07, 6.45) is -9.07. The predicted octanol–water partition coefficient (Wildman–Crippen LogP) is -1.20. The van der Waals surface area contributed by atoms with Crippen LogP contribution in [-0.4, -0.2) is 93.6 Å². The maximum absolute atomic E-state index is 13.8. The molecule has 1 fully saturated rings. The Hall–Kier alpha value is -3.13. The van der Waals surface area contributed by atoms with E-state index in [1.165, 1.54) is 37.4 Å². The van der Waals surface area contributed by atoms with Crippen molar-refractivity contribution in [3.05, 3.63) is 41.5 Å². The van der Waals surface area contributed by atoms with Gasteiger partial charge in [-0.25, -0.2) is 0 Å². The summed E-state index contributed by atoms with van der Waals surface area (Å²) in [5.74, 6) is -1.17. The number of Topliss-reactive ketones (excluding diaryl/α,β-unsaturated/α-hetero) is 1. The van der Waals surface area contributed by atoms with Gasteiger partial charge in [-0.05, 0) is 6.07 Å². The highest BCUT2D eigenvalue weighted by Gasteiger charge is 2.57. The first kappa shape index (κ1) is 23.6. The van der Waals surface area contributed by atoms with Crippen molar-refractivity contribution in [3.8, 4) is 28.7 Å². The van der Waals surface area contributed by atoms with Crippen molar-refractivity contribution in [2.24, 2.45) is 0 Å². The number of aromatic hydroxyl groups is 1. The van der Waals surface area contributed by atoms with E-state index in [0.717, 1.165) is 0 Å². The lowest BCUT2D eigenvalue weighted by atomic mass is 9.77. The highest BCUT2D eigenvalue weighted by molar-refractivity contribution is 6.09. The summed E-state index contributed by atoms with van der Waals surface area (Å²) in [7, 11) is 1.36. The standard InChI is InChI=1S/C23H24O12/c1-31-9-5-12-16(13(6-9)34-22-19(28)18(27)17(26)14(7-24)35-22)21(29)23(30)10-3-2-4-11(25)20(10)32-8-15(23)33-12/h2-6,14-15,17-19,22,24-28,30H,7-8H2,1H3. The Morgan fingerprint density at radius 1 is 1.14 bits per heavy atom. The van der Waals surface area contributed by atoms with E-state index in [-0.39, 0.29) is 46.5 Å². The second kappa shape index (κ2) is 8.52. The van der Waals surface area contributed by atoms with E-state index < -0.39 is 54.8 Å². The number of ether oxygens (including phenoxy) is 5. The SMILES string of the molecule is COc1cc(OC2OC(CO)C(O)C(O)C2O)c2c(c1)OC1COc3c(O)cccc3C1(O)C2=O. The van der Waals surface area contributed by atoms with Gasteiger partial charge in [-0.15, -0.1) is 0 Å². The van der Waals surface area contributed by atoms with E-state index >= 15 is 0 Å². The Labute approximate surface area is 198 Å². The minimum atomic E-state index is -2.25. The quantitative estimate of drug-likeness (QED) is 0.300. The molecule has 5 rings (SSSR count). The van der Waals surface area contributed by atoms with Gasteiger partial charge in [-0.1, -0.05) is 12.1 Å². The van der Waals surface area contributed by atoms with Gasteiger partial charge in [0.2, 0.25) is 12.1 Å². The Kier molecular flexibility index (Phi) is 5.74. The normalized spacial score (nSPS) is 33.5. The molecule has 3 aliphatic heterocycles. The first-order chi connectivity index (χ1) is 16.7. The summed E-state index contributed by atoms with van der Waals surface area (Å²) in [6, 6.07) is 6.93. The second-order valence-electron chi connectivity index (χ2n) is 8.48. The molecule has 3 heterocycles. The number of hydrogen-bond acceptors (Lipinski definition) is 12. The molecule has 6 N–H and O–H groups in total. The third-order valence-corrected chi connectivity index (χ3v) is 6.46. The number of rotatable bonds is 4. The molecule has 2 aromatic rings. The van der Waals surface area contributed by atoms with Gasteiger partial charge in [0.05, 0.1) is 13.7 Å². The van der Waals surface area contributed by atoms with Gasteiger partial charge < -0.3 is 54.3 Å². The lowest BCUT2D eigenvalue weighted by Crippen LogP contribution is -2.60. The maximum Gasteiger partial charge on any atom is 0.229 e. The number of carbonyl (C=O) groups excluding carboxylic acids is 1. The van der Waals surface area contributed by atoms with Crippen LogP contribution in [0.1, 0.15) is 15.9 Å². The average molecular weight is 492 g/mol. The van der Waals surface area contributed by atoms with Gasteiger partial charge in [0.15, 0.2) is 23.2 Å². The first-order valence-electron chi connectivity index (χ1n) is 10.8. The molecule has 188 valence electrons. The highest BCUT2D eigenvalue weighted by atomic mass is 16.7. The van der Waals surface area contributed by atoms with Gasteiger partial charge in [-0.3, -0.25) is 4.79 Å². The van der Waals surface area contributed by atoms with Crippen LogP contribution in [0.4, 0.5) is 0 Å². The number of ketones is 1. The molecule has 0 radical (unpaired) electrons. The van der Waals surface area contributed by atoms with E-state index in [0.29, 0.717) is 0 Å². The fraction of sp³-hybridized carbons (Fsp3) is 0.435. The molecule has 7 atom stereocenters. The molecular weight excluding hydrogens is 468 g/mol. The lowest BCUT2D eigenvalue weighted by Gasteiger charge is -2.44. The molecule has 0 aromatic heterocycles. The molecule has 0 spiro atoms. The monoisotopic (exact) mass is 492 g/mol. The zero-order valence-corrected chi connectivity index (χ0v) is 18.4. The third-order valence-electron chi connectivity index (χ3n) is 6.46. The molecule has 12 nitrogen and oxygen atoms in total. The van der Waals surface area contributed by atoms with Crippen molar-refractivity contribution >= 4 is 5.78 Å². The number of methoxy groups -OCH3 is 1. The average Bonchev–Trinajstić information content (AvgIpc) is 2.85. The van der Waals surface area contributed by atoms with E-state index in [4.69, 9.17) is 23.7 Å². The fourth-order valence-electron chi connectivity index (χ4n) is 4.54. The molecule has 12 heteroatoms. The zero-order chi connectivity index (χ0) is 25.1. The zero-order valence-electron chi connectivity index (χ0n) is 18.4. The second-order valence-corrected chi connectivity index (χ2v) is 8.48.